The summed E-state index contributed by atoms with van der Waals surface area (Å²) < 4.78 is 0. The molecule has 0 saturated carbocycles. The number of benzene rings is 1. The van der Waals surface area contributed by atoms with E-state index in [0.29, 0.717) is 18.7 Å². The van der Waals surface area contributed by atoms with Crippen LogP contribution in [0.4, 0.5) is 0 Å². The lowest BCUT2D eigenvalue weighted by Gasteiger charge is -2.26. The Kier molecular flexibility index (Phi) is 2.94. The fraction of sp³-hybridized carbons (Fsp3) is 0.286. The first kappa shape index (κ1) is 11.2. The summed E-state index contributed by atoms with van der Waals surface area (Å²) in [6.45, 7) is 1.28. The highest BCUT2D eigenvalue weighted by atomic mass is 16.7. The van der Waals surface area contributed by atoms with Gasteiger partial charge in [0.1, 0.15) is 0 Å². The van der Waals surface area contributed by atoms with Gasteiger partial charge in [-0.25, -0.2) is 5.06 Å². The third-order valence-corrected chi connectivity index (χ3v) is 3.11. The summed E-state index contributed by atoms with van der Waals surface area (Å²) in [6, 6.07) is 9.34. The lowest BCUT2D eigenvalue weighted by atomic mass is 10.1. The first-order valence-electron chi connectivity index (χ1n) is 6.15. The molecule has 1 aliphatic rings. The van der Waals surface area contributed by atoms with Crippen molar-refractivity contribution in [1.82, 2.24) is 10.0 Å². The van der Waals surface area contributed by atoms with E-state index in [1.54, 1.807) is 6.20 Å². The normalized spacial score (nSPS) is 15.9. The Morgan fingerprint density at radius 2 is 2.17 bits per heavy atom. The van der Waals surface area contributed by atoms with E-state index >= 15 is 0 Å². The Morgan fingerprint density at radius 3 is 3.00 bits per heavy atom. The molecule has 18 heavy (non-hydrogen) atoms. The first-order chi connectivity index (χ1) is 8.86. The van der Waals surface area contributed by atoms with Crippen LogP contribution in [0.3, 0.4) is 0 Å². The van der Waals surface area contributed by atoms with Crippen LogP contribution >= 0.6 is 0 Å². The number of fused-ring (bicyclic) bond motifs is 1. The van der Waals surface area contributed by atoms with Crippen LogP contribution in [0.25, 0.3) is 10.9 Å². The highest BCUT2D eigenvalue weighted by molar-refractivity contribution is 6.05. The van der Waals surface area contributed by atoms with E-state index in [9.17, 15) is 4.79 Å². The molecule has 92 valence electrons. The topological polar surface area (TPSA) is 42.4 Å². The molecule has 1 aliphatic heterocycles. The van der Waals surface area contributed by atoms with E-state index in [1.165, 1.54) is 5.06 Å². The molecule has 0 radical (unpaired) electrons. The minimum absolute atomic E-state index is 0.0756. The Bertz CT molecular complexity index is 572. The number of amides is 1. The third-order valence-electron chi connectivity index (χ3n) is 3.11. The van der Waals surface area contributed by atoms with Crippen molar-refractivity contribution in [1.29, 1.82) is 0 Å². The van der Waals surface area contributed by atoms with E-state index in [4.69, 9.17) is 4.84 Å². The van der Waals surface area contributed by atoms with Crippen molar-refractivity contribution in [2.75, 3.05) is 13.2 Å². The Labute approximate surface area is 105 Å². The molecule has 0 N–H and O–H groups in total. The SMILES string of the molecule is O=C(c1cccc2ncccc12)N1CCCCO1. The van der Waals surface area contributed by atoms with Crippen molar-refractivity contribution >= 4 is 16.8 Å². The standard InChI is InChI=1S/C14H14N2O2/c17-14(16-9-1-2-10-18-16)12-5-3-7-13-11(12)6-4-8-15-13/h3-8H,1-2,9-10H2. The number of nitrogens with zero attached hydrogens (tertiary/aromatic N) is 2. The minimum Gasteiger partial charge on any atom is -0.271 e. The van der Waals surface area contributed by atoms with Gasteiger partial charge in [-0.1, -0.05) is 12.1 Å². The monoisotopic (exact) mass is 242 g/mol. The maximum Gasteiger partial charge on any atom is 0.278 e. The minimum atomic E-state index is -0.0756. The average molecular weight is 242 g/mol. The van der Waals surface area contributed by atoms with Crippen LogP contribution in [0.2, 0.25) is 0 Å². The maximum atomic E-state index is 12.4. The molecular weight excluding hydrogens is 228 g/mol. The number of hydrogen-bond acceptors (Lipinski definition) is 3. The molecule has 2 aromatic rings. The molecule has 1 fully saturated rings. The van der Waals surface area contributed by atoms with Gasteiger partial charge in [-0.2, -0.15) is 0 Å². The second kappa shape index (κ2) is 4.74. The van der Waals surface area contributed by atoms with Crippen molar-refractivity contribution < 1.29 is 9.63 Å². The highest BCUT2D eigenvalue weighted by Crippen LogP contribution is 2.19. The lowest BCUT2D eigenvalue weighted by Crippen LogP contribution is -2.35. The second-order valence-electron chi connectivity index (χ2n) is 4.32. The summed E-state index contributed by atoms with van der Waals surface area (Å²) in [6.07, 6.45) is 3.74. The van der Waals surface area contributed by atoms with Gasteiger partial charge in [0.2, 0.25) is 0 Å². The van der Waals surface area contributed by atoms with Crippen LogP contribution < -0.4 is 0 Å². The van der Waals surface area contributed by atoms with Gasteiger partial charge in [0.25, 0.3) is 5.91 Å². The summed E-state index contributed by atoms with van der Waals surface area (Å²) >= 11 is 0. The number of pyridine rings is 1. The Morgan fingerprint density at radius 1 is 1.22 bits per heavy atom. The Hall–Kier alpha value is -1.94. The third kappa shape index (κ3) is 1.95. The fourth-order valence-electron chi connectivity index (χ4n) is 2.18. The number of aromatic nitrogens is 1. The van der Waals surface area contributed by atoms with Gasteiger partial charge in [0, 0.05) is 18.1 Å². The van der Waals surface area contributed by atoms with Crippen molar-refractivity contribution in [3.8, 4) is 0 Å². The van der Waals surface area contributed by atoms with E-state index in [1.807, 2.05) is 30.3 Å². The van der Waals surface area contributed by atoms with E-state index < -0.39 is 0 Å². The largest absolute Gasteiger partial charge is 0.278 e. The van der Waals surface area contributed by atoms with Crippen LogP contribution in [0.5, 0.6) is 0 Å². The molecule has 0 atom stereocenters. The van der Waals surface area contributed by atoms with E-state index in [0.717, 1.165) is 23.7 Å². The molecule has 3 rings (SSSR count). The summed E-state index contributed by atoms with van der Waals surface area (Å²) in [5.41, 5.74) is 1.49. The van der Waals surface area contributed by atoms with Gasteiger partial charge in [-0.15, -0.1) is 0 Å². The highest BCUT2D eigenvalue weighted by Gasteiger charge is 2.21. The molecule has 1 aromatic carbocycles. The van der Waals surface area contributed by atoms with Gasteiger partial charge in [-0.05, 0) is 31.0 Å². The summed E-state index contributed by atoms with van der Waals surface area (Å²) in [5.74, 6) is -0.0756. The number of rotatable bonds is 1. The smallest absolute Gasteiger partial charge is 0.271 e. The lowest BCUT2D eigenvalue weighted by molar-refractivity contribution is -0.144. The fourth-order valence-corrected chi connectivity index (χ4v) is 2.18. The molecule has 0 spiro atoms. The molecule has 4 heteroatoms. The van der Waals surface area contributed by atoms with Crippen LogP contribution in [-0.4, -0.2) is 29.1 Å². The van der Waals surface area contributed by atoms with Crippen LogP contribution in [-0.2, 0) is 4.84 Å². The zero-order chi connectivity index (χ0) is 12.4. The molecule has 0 unspecified atom stereocenters. The number of hydroxylamine groups is 2. The van der Waals surface area contributed by atoms with Gasteiger partial charge >= 0.3 is 0 Å². The molecule has 0 aliphatic carbocycles. The predicted octanol–water partition coefficient (Wildman–Crippen LogP) is 2.40. The van der Waals surface area contributed by atoms with E-state index in [-0.39, 0.29) is 5.91 Å². The molecule has 0 bridgehead atoms. The number of carbonyl (C=O) groups is 1. The molecular formula is C14H14N2O2. The van der Waals surface area contributed by atoms with Crippen LogP contribution in [0.1, 0.15) is 23.2 Å². The van der Waals surface area contributed by atoms with Crippen molar-refractivity contribution in [3.63, 3.8) is 0 Å². The Balaban J connectivity index is 2.00. The van der Waals surface area contributed by atoms with Crippen molar-refractivity contribution in [3.05, 3.63) is 42.1 Å². The molecule has 1 amide bonds. The van der Waals surface area contributed by atoms with Gasteiger partial charge in [-0.3, -0.25) is 14.6 Å². The average Bonchev–Trinajstić information content (AvgIpc) is 2.47. The second-order valence-corrected chi connectivity index (χ2v) is 4.32. The molecule has 1 aromatic heterocycles. The molecule has 4 nitrogen and oxygen atoms in total. The molecule has 1 saturated heterocycles. The summed E-state index contributed by atoms with van der Waals surface area (Å²) in [4.78, 5) is 22.1. The number of carbonyl (C=O) groups excluding carboxylic acids is 1. The van der Waals surface area contributed by atoms with Gasteiger partial charge in [0.15, 0.2) is 0 Å². The first-order valence-corrected chi connectivity index (χ1v) is 6.15. The predicted molar refractivity (Wildman–Crippen MR) is 68.0 cm³/mol. The van der Waals surface area contributed by atoms with Gasteiger partial charge in [0.05, 0.1) is 17.7 Å². The zero-order valence-electron chi connectivity index (χ0n) is 10.0. The summed E-state index contributed by atoms with van der Waals surface area (Å²) in [5, 5.41) is 2.34. The molecule has 2 heterocycles. The quantitative estimate of drug-likeness (QED) is 0.771. The van der Waals surface area contributed by atoms with Crippen molar-refractivity contribution in [2.24, 2.45) is 0 Å². The zero-order valence-corrected chi connectivity index (χ0v) is 10.0. The maximum absolute atomic E-state index is 12.4. The number of hydrogen-bond donors (Lipinski definition) is 0. The van der Waals surface area contributed by atoms with Crippen LogP contribution in [0, 0.1) is 0 Å². The van der Waals surface area contributed by atoms with E-state index in [2.05, 4.69) is 4.98 Å². The van der Waals surface area contributed by atoms with Crippen LogP contribution in [0.15, 0.2) is 36.5 Å². The summed E-state index contributed by atoms with van der Waals surface area (Å²) in [7, 11) is 0. The van der Waals surface area contributed by atoms with Crippen molar-refractivity contribution in [2.45, 2.75) is 12.8 Å². The van der Waals surface area contributed by atoms with Gasteiger partial charge < -0.3 is 0 Å².